The van der Waals surface area contributed by atoms with Crippen LogP contribution in [0.15, 0.2) is 24.6 Å². The van der Waals surface area contributed by atoms with Crippen LogP contribution in [0.1, 0.15) is 19.3 Å². The molecule has 52 valence electrons. The molecule has 4 N–H and O–H groups in total. The Kier molecular flexibility index (Phi) is 6.36. The van der Waals surface area contributed by atoms with Crippen molar-refractivity contribution in [2.24, 2.45) is 11.5 Å². The van der Waals surface area contributed by atoms with Crippen molar-refractivity contribution >= 4 is 0 Å². The highest BCUT2D eigenvalue weighted by molar-refractivity contribution is 4.79. The van der Waals surface area contributed by atoms with E-state index in [0.717, 1.165) is 19.3 Å². The second-order valence-corrected chi connectivity index (χ2v) is 1.79. The third kappa shape index (κ3) is 7.08. The van der Waals surface area contributed by atoms with E-state index in [9.17, 15) is 0 Å². The van der Waals surface area contributed by atoms with E-state index in [1.54, 1.807) is 12.4 Å². The molecule has 0 rings (SSSR count). The molecule has 0 spiro atoms. The predicted octanol–water partition coefficient (Wildman–Crippen LogP) is 1.10. The van der Waals surface area contributed by atoms with Gasteiger partial charge in [-0.15, -0.1) is 0 Å². The fourth-order valence-corrected chi connectivity index (χ4v) is 0.546. The van der Waals surface area contributed by atoms with E-state index in [4.69, 9.17) is 11.5 Å². The highest BCUT2D eigenvalue weighted by atomic mass is 14.5. The van der Waals surface area contributed by atoms with Crippen molar-refractivity contribution in [3.63, 3.8) is 0 Å². The minimum Gasteiger partial charge on any atom is -0.405 e. The Morgan fingerprint density at radius 3 is 1.67 bits per heavy atom. The zero-order chi connectivity index (χ0) is 6.95. The van der Waals surface area contributed by atoms with E-state index < -0.39 is 0 Å². The van der Waals surface area contributed by atoms with Crippen LogP contribution in [0.4, 0.5) is 0 Å². The van der Waals surface area contributed by atoms with Crippen LogP contribution in [-0.2, 0) is 0 Å². The Morgan fingerprint density at radius 1 is 0.889 bits per heavy atom. The molecule has 0 aromatic heterocycles. The second kappa shape index (κ2) is 7.08. The van der Waals surface area contributed by atoms with Crippen molar-refractivity contribution < 1.29 is 0 Å². The number of allylic oxidation sites excluding steroid dienone is 2. The summed E-state index contributed by atoms with van der Waals surface area (Å²) in [6.45, 7) is 0. The average molecular weight is 126 g/mol. The number of rotatable bonds is 4. The van der Waals surface area contributed by atoms with Crippen molar-refractivity contribution in [2.45, 2.75) is 19.3 Å². The van der Waals surface area contributed by atoms with Gasteiger partial charge >= 0.3 is 0 Å². The number of hydrogen-bond donors (Lipinski definition) is 2. The Labute approximate surface area is 56.2 Å². The van der Waals surface area contributed by atoms with Gasteiger partial charge in [0.15, 0.2) is 0 Å². The average Bonchev–Trinajstić information content (AvgIpc) is 1.89. The quantitative estimate of drug-likeness (QED) is 0.554. The van der Waals surface area contributed by atoms with Gasteiger partial charge in [-0.2, -0.15) is 0 Å². The van der Waals surface area contributed by atoms with Gasteiger partial charge in [-0.05, 0) is 31.7 Å². The normalized spacial score (nSPS) is 11.6. The number of nitrogens with two attached hydrogens (primary N) is 2. The molecule has 0 unspecified atom stereocenters. The lowest BCUT2D eigenvalue weighted by molar-refractivity contribution is 0.865. The molecule has 0 bridgehead atoms. The van der Waals surface area contributed by atoms with Crippen LogP contribution in [0.25, 0.3) is 0 Å². The number of hydrogen-bond acceptors (Lipinski definition) is 2. The van der Waals surface area contributed by atoms with E-state index in [0.29, 0.717) is 0 Å². The fourth-order valence-electron chi connectivity index (χ4n) is 0.546. The first-order valence-corrected chi connectivity index (χ1v) is 3.15. The molecule has 2 nitrogen and oxygen atoms in total. The van der Waals surface area contributed by atoms with Gasteiger partial charge in [0.1, 0.15) is 0 Å². The predicted molar refractivity (Wildman–Crippen MR) is 40.5 cm³/mol. The maximum Gasteiger partial charge on any atom is -0.0103 e. The van der Waals surface area contributed by atoms with Crippen LogP contribution in [0, 0.1) is 0 Å². The standard InChI is InChI=1S/C7H14N2/c8-6-4-2-1-3-5-7-9/h4-7H,1-3,8-9H2. The molecule has 0 aliphatic carbocycles. The van der Waals surface area contributed by atoms with Crippen molar-refractivity contribution in [1.82, 2.24) is 0 Å². The molecule has 0 amide bonds. The Hall–Kier alpha value is -0.920. The summed E-state index contributed by atoms with van der Waals surface area (Å²) in [6.07, 6.45) is 10.3. The molecule has 9 heavy (non-hydrogen) atoms. The SMILES string of the molecule is NC=CCCCC=CN. The highest BCUT2D eigenvalue weighted by Gasteiger charge is 1.77. The minimum absolute atomic E-state index is 1.04. The van der Waals surface area contributed by atoms with Gasteiger partial charge < -0.3 is 11.5 Å². The zero-order valence-corrected chi connectivity index (χ0v) is 5.59. The molecule has 0 radical (unpaired) electrons. The van der Waals surface area contributed by atoms with Gasteiger partial charge in [-0.1, -0.05) is 12.2 Å². The van der Waals surface area contributed by atoms with Crippen LogP contribution in [0.2, 0.25) is 0 Å². The molecule has 0 fully saturated rings. The van der Waals surface area contributed by atoms with Crippen molar-refractivity contribution in [2.75, 3.05) is 0 Å². The Bertz CT molecular complexity index is 83.1. The summed E-state index contributed by atoms with van der Waals surface area (Å²) in [4.78, 5) is 0. The van der Waals surface area contributed by atoms with Gasteiger partial charge in [0, 0.05) is 0 Å². The maximum absolute atomic E-state index is 5.12. The van der Waals surface area contributed by atoms with Crippen molar-refractivity contribution in [3.8, 4) is 0 Å². The van der Waals surface area contributed by atoms with Gasteiger partial charge in [0.2, 0.25) is 0 Å². The van der Waals surface area contributed by atoms with Crippen LogP contribution < -0.4 is 11.5 Å². The van der Waals surface area contributed by atoms with Crippen LogP contribution in [0.5, 0.6) is 0 Å². The minimum atomic E-state index is 1.04. The maximum atomic E-state index is 5.12. The summed E-state index contributed by atoms with van der Waals surface area (Å²) < 4.78 is 0. The fraction of sp³-hybridized carbons (Fsp3) is 0.429. The lowest BCUT2D eigenvalue weighted by Gasteiger charge is -1.86. The first-order chi connectivity index (χ1) is 4.41. The van der Waals surface area contributed by atoms with Gasteiger partial charge in [-0.3, -0.25) is 0 Å². The van der Waals surface area contributed by atoms with E-state index in [2.05, 4.69) is 0 Å². The van der Waals surface area contributed by atoms with Crippen LogP contribution >= 0.6 is 0 Å². The molecule has 0 aliphatic rings. The van der Waals surface area contributed by atoms with E-state index in [1.807, 2.05) is 12.2 Å². The molecule has 0 atom stereocenters. The summed E-state index contributed by atoms with van der Waals surface area (Å²) in [7, 11) is 0. The summed E-state index contributed by atoms with van der Waals surface area (Å²) in [6, 6.07) is 0. The molecule has 0 aromatic rings. The number of unbranched alkanes of at least 4 members (excludes halogenated alkanes) is 2. The second-order valence-electron chi connectivity index (χ2n) is 1.79. The van der Waals surface area contributed by atoms with Gasteiger partial charge in [0.05, 0.1) is 0 Å². The molecular formula is C7H14N2. The van der Waals surface area contributed by atoms with Gasteiger partial charge in [-0.25, -0.2) is 0 Å². The smallest absolute Gasteiger partial charge is 0.0103 e. The monoisotopic (exact) mass is 126 g/mol. The lowest BCUT2D eigenvalue weighted by Crippen LogP contribution is -1.78. The highest BCUT2D eigenvalue weighted by Crippen LogP contribution is 1.95. The van der Waals surface area contributed by atoms with E-state index in [-0.39, 0.29) is 0 Å². The third-order valence-electron chi connectivity index (χ3n) is 1.01. The molecular weight excluding hydrogens is 112 g/mol. The summed E-state index contributed by atoms with van der Waals surface area (Å²) in [5.41, 5.74) is 10.2. The Balaban J connectivity index is 2.91. The summed E-state index contributed by atoms with van der Waals surface area (Å²) >= 11 is 0. The first kappa shape index (κ1) is 8.08. The molecule has 0 saturated carbocycles. The molecule has 0 aromatic carbocycles. The van der Waals surface area contributed by atoms with Crippen molar-refractivity contribution in [1.29, 1.82) is 0 Å². The van der Waals surface area contributed by atoms with Crippen molar-refractivity contribution in [3.05, 3.63) is 24.6 Å². The Morgan fingerprint density at radius 2 is 1.33 bits per heavy atom. The zero-order valence-electron chi connectivity index (χ0n) is 5.59. The van der Waals surface area contributed by atoms with E-state index in [1.165, 1.54) is 0 Å². The summed E-state index contributed by atoms with van der Waals surface area (Å²) in [5.74, 6) is 0. The summed E-state index contributed by atoms with van der Waals surface area (Å²) in [5, 5.41) is 0. The third-order valence-corrected chi connectivity index (χ3v) is 1.01. The first-order valence-electron chi connectivity index (χ1n) is 3.15. The topological polar surface area (TPSA) is 52.0 Å². The van der Waals surface area contributed by atoms with E-state index >= 15 is 0 Å². The molecule has 0 saturated heterocycles. The van der Waals surface area contributed by atoms with Crippen LogP contribution in [-0.4, -0.2) is 0 Å². The largest absolute Gasteiger partial charge is 0.405 e. The lowest BCUT2D eigenvalue weighted by atomic mass is 10.2. The molecule has 0 aliphatic heterocycles. The van der Waals surface area contributed by atoms with Crippen LogP contribution in [0.3, 0.4) is 0 Å². The van der Waals surface area contributed by atoms with Gasteiger partial charge in [0.25, 0.3) is 0 Å². The molecule has 2 heteroatoms. The molecule has 0 heterocycles.